The molecule has 0 aliphatic rings. The second-order valence-electron chi connectivity index (χ2n) is 6.84. The molecule has 27 heavy (non-hydrogen) atoms. The molecule has 0 saturated carbocycles. The number of nitrogens with zero attached hydrogens (tertiary/aromatic N) is 5. The van der Waals surface area contributed by atoms with Crippen molar-refractivity contribution >= 4 is 28.7 Å². The first-order valence-electron chi connectivity index (χ1n) is 9.23. The summed E-state index contributed by atoms with van der Waals surface area (Å²) in [4.78, 5) is 6.06. The van der Waals surface area contributed by atoms with E-state index in [1.165, 1.54) is 10.4 Å². The maximum atomic E-state index is 4.68. The Balaban J connectivity index is 1.57. The number of imidazole rings is 1. The standard InChI is InChI=1S/C20H23N5S2/c1-4-8-25-19(15-10-17(14(2)3)26-12-15)22-23-20(25)27-13-16-11-24-9-6-5-7-18(24)21-16/h5-7,9-12,14H,4,8,13H2,1-3H3. The maximum absolute atomic E-state index is 4.68. The summed E-state index contributed by atoms with van der Waals surface area (Å²) in [6, 6.07) is 8.30. The normalized spacial score (nSPS) is 11.7. The van der Waals surface area contributed by atoms with E-state index in [0.717, 1.165) is 41.0 Å². The van der Waals surface area contributed by atoms with E-state index < -0.39 is 0 Å². The first-order valence-corrected chi connectivity index (χ1v) is 11.1. The van der Waals surface area contributed by atoms with Crippen molar-refractivity contribution in [3.8, 4) is 11.4 Å². The van der Waals surface area contributed by atoms with Crippen molar-refractivity contribution in [3.05, 3.63) is 52.6 Å². The van der Waals surface area contributed by atoms with Crippen LogP contribution < -0.4 is 0 Å². The van der Waals surface area contributed by atoms with Crippen molar-refractivity contribution in [1.29, 1.82) is 0 Å². The Kier molecular flexibility index (Phi) is 5.31. The van der Waals surface area contributed by atoms with Gasteiger partial charge >= 0.3 is 0 Å². The number of thioether (sulfide) groups is 1. The quantitative estimate of drug-likeness (QED) is 0.387. The second-order valence-corrected chi connectivity index (χ2v) is 8.72. The van der Waals surface area contributed by atoms with E-state index in [1.54, 1.807) is 23.1 Å². The van der Waals surface area contributed by atoms with Gasteiger partial charge in [-0.2, -0.15) is 0 Å². The van der Waals surface area contributed by atoms with Crippen molar-refractivity contribution in [1.82, 2.24) is 24.1 Å². The smallest absolute Gasteiger partial charge is 0.191 e. The highest BCUT2D eigenvalue weighted by atomic mass is 32.2. The summed E-state index contributed by atoms with van der Waals surface area (Å²) < 4.78 is 4.30. The molecule has 0 aliphatic carbocycles. The fourth-order valence-electron chi connectivity index (χ4n) is 3.00. The van der Waals surface area contributed by atoms with Gasteiger partial charge < -0.3 is 8.97 Å². The summed E-state index contributed by atoms with van der Waals surface area (Å²) in [6.07, 6.45) is 5.16. The van der Waals surface area contributed by atoms with Gasteiger partial charge in [0.1, 0.15) is 5.65 Å². The number of hydrogen-bond donors (Lipinski definition) is 0. The predicted octanol–water partition coefficient (Wildman–Crippen LogP) is 5.48. The zero-order valence-electron chi connectivity index (χ0n) is 15.8. The summed E-state index contributed by atoms with van der Waals surface area (Å²) in [7, 11) is 0. The lowest BCUT2D eigenvalue weighted by atomic mass is 10.1. The van der Waals surface area contributed by atoms with E-state index in [0.29, 0.717) is 5.92 Å². The van der Waals surface area contributed by atoms with Crippen LogP contribution in [0.1, 0.15) is 43.7 Å². The molecule has 7 heteroatoms. The van der Waals surface area contributed by atoms with E-state index in [1.807, 2.05) is 24.4 Å². The minimum atomic E-state index is 0.537. The molecule has 5 nitrogen and oxygen atoms in total. The second kappa shape index (κ2) is 7.86. The van der Waals surface area contributed by atoms with Gasteiger partial charge in [0.2, 0.25) is 0 Å². The van der Waals surface area contributed by atoms with Crippen LogP contribution >= 0.6 is 23.1 Å². The van der Waals surface area contributed by atoms with Crippen LogP contribution in [0.2, 0.25) is 0 Å². The molecule has 0 amide bonds. The largest absolute Gasteiger partial charge is 0.307 e. The Morgan fingerprint density at radius 1 is 1.22 bits per heavy atom. The van der Waals surface area contributed by atoms with Gasteiger partial charge in [0.05, 0.1) is 5.69 Å². The molecular formula is C20H23N5S2. The van der Waals surface area contributed by atoms with Crippen molar-refractivity contribution in [2.24, 2.45) is 0 Å². The Labute approximate surface area is 167 Å². The van der Waals surface area contributed by atoms with Gasteiger partial charge in [-0.25, -0.2) is 4.98 Å². The molecule has 0 aromatic carbocycles. The van der Waals surface area contributed by atoms with Gasteiger partial charge in [0.25, 0.3) is 0 Å². The monoisotopic (exact) mass is 397 g/mol. The van der Waals surface area contributed by atoms with Crippen LogP contribution in [0.15, 0.2) is 47.2 Å². The highest BCUT2D eigenvalue weighted by Gasteiger charge is 2.16. The number of pyridine rings is 1. The number of thiophene rings is 1. The van der Waals surface area contributed by atoms with E-state index >= 15 is 0 Å². The van der Waals surface area contributed by atoms with Crippen molar-refractivity contribution in [3.63, 3.8) is 0 Å². The predicted molar refractivity (Wildman–Crippen MR) is 112 cm³/mol. The molecule has 0 radical (unpaired) electrons. The zero-order valence-corrected chi connectivity index (χ0v) is 17.4. The number of rotatable bonds is 7. The van der Waals surface area contributed by atoms with Crippen molar-refractivity contribution in [2.45, 2.75) is 50.6 Å². The molecule has 0 atom stereocenters. The molecule has 140 valence electrons. The molecular weight excluding hydrogens is 374 g/mol. The molecule has 0 bridgehead atoms. The maximum Gasteiger partial charge on any atom is 0.191 e. The Hall–Kier alpha value is -2.12. The Morgan fingerprint density at radius 3 is 2.85 bits per heavy atom. The number of hydrogen-bond acceptors (Lipinski definition) is 5. The van der Waals surface area contributed by atoms with Crippen LogP contribution in [0.25, 0.3) is 17.0 Å². The van der Waals surface area contributed by atoms with Crippen LogP contribution in [-0.4, -0.2) is 24.1 Å². The van der Waals surface area contributed by atoms with Crippen molar-refractivity contribution < 1.29 is 0 Å². The molecule has 0 fully saturated rings. The molecule has 4 aromatic rings. The molecule has 4 aromatic heterocycles. The molecule has 0 unspecified atom stereocenters. The fraction of sp³-hybridized carbons (Fsp3) is 0.350. The van der Waals surface area contributed by atoms with Crippen LogP contribution in [0, 0.1) is 0 Å². The third-order valence-corrected chi connectivity index (χ3v) is 6.61. The Bertz CT molecular complexity index is 1010. The summed E-state index contributed by atoms with van der Waals surface area (Å²) in [5.41, 5.74) is 3.20. The third-order valence-electron chi connectivity index (χ3n) is 4.37. The van der Waals surface area contributed by atoms with E-state index in [-0.39, 0.29) is 0 Å². The molecule has 4 heterocycles. The highest BCUT2D eigenvalue weighted by molar-refractivity contribution is 7.98. The first-order chi connectivity index (χ1) is 13.2. The number of aromatic nitrogens is 5. The summed E-state index contributed by atoms with van der Waals surface area (Å²) in [5.74, 6) is 2.29. The summed E-state index contributed by atoms with van der Waals surface area (Å²) in [5, 5.41) is 12.1. The van der Waals surface area contributed by atoms with Gasteiger partial charge in [-0.05, 0) is 30.5 Å². The van der Waals surface area contributed by atoms with Crippen LogP contribution in [-0.2, 0) is 12.3 Å². The Morgan fingerprint density at radius 2 is 2.11 bits per heavy atom. The van der Waals surface area contributed by atoms with E-state index in [4.69, 9.17) is 0 Å². The highest BCUT2D eigenvalue weighted by Crippen LogP contribution is 2.31. The number of fused-ring (bicyclic) bond motifs is 1. The van der Waals surface area contributed by atoms with Gasteiger partial charge in [0.15, 0.2) is 11.0 Å². The topological polar surface area (TPSA) is 48.0 Å². The van der Waals surface area contributed by atoms with Crippen molar-refractivity contribution in [2.75, 3.05) is 0 Å². The molecule has 0 aliphatic heterocycles. The average molecular weight is 398 g/mol. The van der Waals surface area contributed by atoms with Crippen LogP contribution in [0.5, 0.6) is 0 Å². The lowest BCUT2D eigenvalue weighted by Gasteiger charge is -2.07. The minimum Gasteiger partial charge on any atom is -0.307 e. The first kappa shape index (κ1) is 18.3. The molecule has 0 spiro atoms. The van der Waals surface area contributed by atoms with E-state index in [2.05, 4.69) is 62.6 Å². The van der Waals surface area contributed by atoms with Gasteiger partial charge in [0, 0.05) is 40.5 Å². The van der Waals surface area contributed by atoms with E-state index in [9.17, 15) is 0 Å². The molecule has 4 rings (SSSR count). The SMILES string of the molecule is CCCn1c(SCc2cn3ccccc3n2)nnc1-c1csc(C(C)C)c1. The summed E-state index contributed by atoms with van der Waals surface area (Å²) >= 11 is 3.50. The van der Waals surface area contributed by atoms with Crippen LogP contribution in [0.4, 0.5) is 0 Å². The summed E-state index contributed by atoms with van der Waals surface area (Å²) in [6.45, 7) is 7.56. The lowest BCUT2D eigenvalue weighted by molar-refractivity contribution is 0.626. The molecule has 0 N–H and O–H groups in total. The van der Waals surface area contributed by atoms with Gasteiger partial charge in [-0.1, -0.05) is 38.6 Å². The average Bonchev–Trinajstić information content (AvgIpc) is 3.38. The van der Waals surface area contributed by atoms with Crippen LogP contribution in [0.3, 0.4) is 0 Å². The van der Waals surface area contributed by atoms with Gasteiger partial charge in [-0.3, -0.25) is 0 Å². The van der Waals surface area contributed by atoms with Gasteiger partial charge in [-0.15, -0.1) is 21.5 Å². The lowest BCUT2D eigenvalue weighted by Crippen LogP contribution is -2.01. The third kappa shape index (κ3) is 3.80. The zero-order chi connectivity index (χ0) is 18.8. The molecule has 0 saturated heterocycles. The minimum absolute atomic E-state index is 0.537. The fourth-order valence-corrected chi connectivity index (χ4v) is 4.75.